The van der Waals surface area contributed by atoms with Gasteiger partial charge in [0, 0.05) is 0 Å². The standard InChI is InChI=1S/C11H11N3O3/c1-8-12-7-14(13-8)9-2-4-10(5-3-9)17-6-11(15)16/h2-5,7H,6H2,1H3,(H,15,16). The summed E-state index contributed by atoms with van der Waals surface area (Å²) in [5.74, 6) is 0.199. The number of benzene rings is 1. The Hall–Kier alpha value is -2.37. The zero-order valence-corrected chi connectivity index (χ0v) is 9.20. The van der Waals surface area contributed by atoms with Crippen LogP contribution in [0.4, 0.5) is 0 Å². The van der Waals surface area contributed by atoms with Crippen molar-refractivity contribution in [2.75, 3.05) is 6.61 Å². The van der Waals surface area contributed by atoms with Crippen LogP contribution in [0, 0.1) is 6.92 Å². The van der Waals surface area contributed by atoms with E-state index >= 15 is 0 Å². The van der Waals surface area contributed by atoms with Crippen LogP contribution in [0.1, 0.15) is 5.82 Å². The summed E-state index contributed by atoms with van der Waals surface area (Å²) in [5.41, 5.74) is 0.841. The lowest BCUT2D eigenvalue weighted by Crippen LogP contribution is -2.09. The minimum absolute atomic E-state index is 0.345. The van der Waals surface area contributed by atoms with Crippen molar-refractivity contribution in [3.63, 3.8) is 0 Å². The Morgan fingerprint density at radius 2 is 2.12 bits per heavy atom. The number of ether oxygens (including phenoxy) is 1. The van der Waals surface area contributed by atoms with E-state index in [9.17, 15) is 4.79 Å². The van der Waals surface area contributed by atoms with Crippen LogP contribution in [-0.2, 0) is 4.79 Å². The van der Waals surface area contributed by atoms with Gasteiger partial charge in [0.1, 0.15) is 17.9 Å². The first-order chi connectivity index (χ1) is 8.15. The maximum Gasteiger partial charge on any atom is 0.341 e. The second-order valence-electron chi connectivity index (χ2n) is 3.41. The molecule has 0 amide bonds. The minimum Gasteiger partial charge on any atom is -0.482 e. The second-order valence-corrected chi connectivity index (χ2v) is 3.41. The van der Waals surface area contributed by atoms with Crippen LogP contribution in [0.3, 0.4) is 0 Å². The maximum absolute atomic E-state index is 10.3. The van der Waals surface area contributed by atoms with Gasteiger partial charge in [-0.1, -0.05) is 0 Å². The first-order valence-corrected chi connectivity index (χ1v) is 4.98. The van der Waals surface area contributed by atoms with Crippen LogP contribution in [0.2, 0.25) is 0 Å². The molecule has 0 aliphatic carbocycles. The third kappa shape index (κ3) is 2.81. The van der Waals surface area contributed by atoms with Crippen molar-refractivity contribution in [1.29, 1.82) is 0 Å². The summed E-state index contributed by atoms with van der Waals surface area (Å²) in [7, 11) is 0. The zero-order valence-electron chi connectivity index (χ0n) is 9.20. The van der Waals surface area contributed by atoms with Crippen molar-refractivity contribution in [2.24, 2.45) is 0 Å². The van der Waals surface area contributed by atoms with Gasteiger partial charge < -0.3 is 9.84 Å². The highest BCUT2D eigenvalue weighted by Gasteiger charge is 2.01. The lowest BCUT2D eigenvalue weighted by atomic mass is 10.3. The van der Waals surface area contributed by atoms with Gasteiger partial charge in [0.15, 0.2) is 6.61 Å². The largest absolute Gasteiger partial charge is 0.482 e. The molecule has 0 saturated heterocycles. The molecule has 0 atom stereocenters. The average Bonchev–Trinajstić information content (AvgIpc) is 2.74. The highest BCUT2D eigenvalue weighted by atomic mass is 16.5. The maximum atomic E-state index is 10.3. The van der Waals surface area contributed by atoms with Crippen LogP contribution < -0.4 is 4.74 Å². The zero-order chi connectivity index (χ0) is 12.3. The van der Waals surface area contributed by atoms with Crippen molar-refractivity contribution in [3.8, 4) is 11.4 Å². The molecule has 0 spiro atoms. The Kier molecular flexibility index (Phi) is 3.04. The Labute approximate surface area is 97.5 Å². The molecule has 6 nitrogen and oxygen atoms in total. The molecule has 0 unspecified atom stereocenters. The van der Waals surface area contributed by atoms with Gasteiger partial charge >= 0.3 is 5.97 Å². The van der Waals surface area contributed by atoms with E-state index in [-0.39, 0.29) is 6.61 Å². The normalized spacial score (nSPS) is 10.2. The predicted molar refractivity (Wildman–Crippen MR) is 59.2 cm³/mol. The van der Waals surface area contributed by atoms with Crippen LogP contribution in [0.15, 0.2) is 30.6 Å². The Morgan fingerprint density at radius 3 is 2.65 bits per heavy atom. The number of aryl methyl sites for hydroxylation is 1. The summed E-state index contributed by atoms with van der Waals surface area (Å²) in [6, 6.07) is 6.95. The first-order valence-electron chi connectivity index (χ1n) is 4.98. The van der Waals surface area contributed by atoms with Crippen molar-refractivity contribution in [3.05, 3.63) is 36.4 Å². The predicted octanol–water partition coefficient (Wildman–Crippen LogP) is 1.04. The summed E-state index contributed by atoms with van der Waals surface area (Å²) in [5, 5.41) is 12.6. The van der Waals surface area contributed by atoms with Gasteiger partial charge in [0.25, 0.3) is 0 Å². The highest BCUT2D eigenvalue weighted by Crippen LogP contribution is 2.14. The number of carboxylic acid groups (broad SMARTS) is 1. The van der Waals surface area contributed by atoms with Gasteiger partial charge in [-0.2, -0.15) is 5.10 Å². The molecule has 0 bridgehead atoms. The second kappa shape index (κ2) is 4.65. The first kappa shape index (κ1) is 11.1. The summed E-state index contributed by atoms with van der Waals surface area (Å²) in [6.07, 6.45) is 1.61. The molecular formula is C11H11N3O3. The third-order valence-corrected chi connectivity index (χ3v) is 2.07. The number of aliphatic carboxylic acids is 1. The molecule has 88 valence electrons. The smallest absolute Gasteiger partial charge is 0.341 e. The molecular weight excluding hydrogens is 222 g/mol. The van der Waals surface area contributed by atoms with Crippen LogP contribution >= 0.6 is 0 Å². The van der Waals surface area contributed by atoms with Crippen molar-refractivity contribution >= 4 is 5.97 Å². The molecule has 1 N–H and O–H groups in total. The molecule has 0 radical (unpaired) electrons. The molecule has 1 heterocycles. The molecule has 0 saturated carbocycles. The monoisotopic (exact) mass is 233 g/mol. The quantitative estimate of drug-likeness (QED) is 0.853. The van der Waals surface area contributed by atoms with Gasteiger partial charge in [-0.15, -0.1) is 0 Å². The van der Waals surface area contributed by atoms with Crippen molar-refractivity contribution in [1.82, 2.24) is 14.8 Å². The lowest BCUT2D eigenvalue weighted by Gasteiger charge is -2.04. The van der Waals surface area contributed by atoms with E-state index in [1.807, 2.05) is 0 Å². The fourth-order valence-electron chi connectivity index (χ4n) is 1.31. The summed E-state index contributed by atoms with van der Waals surface area (Å²) >= 11 is 0. The average molecular weight is 233 g/mol. The number of aromatic nitrogens is 3. The highest BCUT2D eigenvalue weighted by molar-refractivity contribution is 5.68. The molecule has 0 aliphatic heterocycles. The summed E-state index contributed by atoms with van der Waals surface area (Å²) in [4.78, 5) is 14.3. The Morgan fingerprint density at radius 1 is 1.41 bits per heavy atom. The van der Waals surface area contributed by atoms with Crippen LogP contribution in [-0.4, -0.2) is 32.4 Å². The number of hydrogen-bond donors (Lipinski definition) is 1. The van der Waals surface area contributed by atoms with Crippen LogP contribution in [0.25, 0.3) is 5.69 Å². The minimum atomic E-state index is -0.999. The van der Waals surface area contributed by atoms with E-state index in [4.69, 9.17) is 9.84 Å². The molecule has 2 aromatic rings. The van der Waals surface area contributed by atoms with Gasteiger partial charge in [-0.3, -0.25) is 0 Å². The van der Waals surface area contributed by atoms with Crippen molar-refractivity contribution in [2.45, 2.75) is 6.92 Å². The van der Waals surface area contributed by atoms with E-state index in [2.05, 4.69) is 10.1 Å². The molecule has 1 aromatic carbocycles. The molecule has 17 heavy (non-hydrogen) atoms. The number of carbonyl (C=O) groups is 1. The van der Waals surface area contributed by atoms with Crippen molar-refractivity contribution < 1.29 is 14.6 Å². The summed E-state index contributed by atoms with van der Waals surface area (Å²) < 4.78 is 6.65. The molecule has 2 rings (SSSR count). The molecule has 6 heteroatoms. The van der Waals surface area contributed by atoms with Gasteiger partial charge in [0.05, 0.1) is 5.69 Å². The SMILES string of the molecule is Cc1ncn(-c2ccc(OCC(=O)O)cc2)n1. The molecule has 0 aliphatic rings. The number of rotatable bonds is 4. The molecule has 0 fully saturated rings. The van der Waals surface area contributed by atoms with Crippen LogP contribution in [0.5, 0.6) is 5.75 Å². The molecule has 1 aromatic heterocycles. The number of hydrogen-bond acceptors (Lipinski definition) is 4. The fourth-order valence-corrected chi connectivity index (χ4v) is 1.31. The summed E-state index contributed by atoms with van der Waals surface area (Å²) in [6.45, 7) is 1.46. The number of carboxylic acids is 1. The van der Waals surface area contributed by atoms with E-state index in [1.54, 1.807) is 42.2 Å². The van der Waals surface area contributed by atoms with E-state index < -0.39 is 5.97 Å². The Balaban J connectivity index is 2.10. The topological polar surface area (TPSA) is 77.2 Å². The Bertz CT molecular complexity index is 519. The van der Waals surface area contributed by atoms with E-state index in [0.717, 1.165) is 5.69 Å². The van der Waals surface area contributed by atoms with Gasteiger partial charge in [-0.05, 0) is 31.2 Å². The van der Waals surface area contributed by atoms with Gasteiger partial charge in [-0.25, -0.2) is 14.5 Å². The number of nitrogens with zero attached hydrogens (tertiary/aromatic N) is 3. The van der Waals surface area contributed by atoms with E-state index in [1.165, 1.54) is 0 Å². The lowest BCUT2D eigenvalue weighted by molar-refractivity contribution is -0.139. The van der Waals surface area contributed by atoms with E-state index in [0.29, 0.717) is 11.6 Å². The fraction of sp³-hybridized carbons (Fsp3) is 0.182. The third-order valence-electron chi connectivity index (χ3n) is 2.07. The van der Waals surface area contributed by atoms with Gasteiger partial charge in [0.2, 0.25) is 0 Å².